The van der Waals surface area contributed by atoms with E-state index in [4.69, 9.17) is 10.7 Å². The van der Waals surface area contributed by atoms with Gasteiger partial charge in [0.15, 0.2) is 5.96 Å². The lowest BCUT2D eigenvalue weighted by atomic mass is 9.82. The molecule has 29 heavy (non-hydrogen) atoms. The molecule has 0 spiro atoms. The first-order valence-electron chi connectivity index (χ1n) is 10.1. The fraction of sp³-hybridized carbons (Fsp3) is 0.391. The molecule has 0 saturated carbocycles. The van der Waals surface area contributed by atoms with Crippen LogP contribution in [0.4, 0.5) is 0 Å². The molecule has 0 aliphatic carbocycles. The number of aliphatic imine (C=N–C) groups is 1. The lowest BCUT2D eigenvalue weighted by molar-refractivity contribution is 0.100. The van der Waals surface area contributed by atoms with Crippen LogP contribution in [0.25, 0.3) is 0 Å². The van der Waals surface area contributed by atoms with E-state index in [0.29, 0.717) is 23.9 Å². The van der Waals surface area contributed by atoms with E-state index in [0.717, 1.165) is 37.6 Å². The molecule has 1 saturated heterocycles. The average Bonchev–Trinajstić information content (AvgIpc) is 2.72. The Kier molecular flexibility index (Phi) is 8.95. The zero-order valence-electron chi connectivity index (χ0n) is 17.2. The number of primary amides is 1. The van der Waals surface area contributed by atoms with Crippen LogP contribution in [-0.2, 0) is 6.54 Å². The molecule has 1 aliphatic heterocycles. The van der Waals surface area contributed by atoms with Crippen molar-refractivity contribution in [3.05, 3.63) is 71.3 Å². The third-order valence-electron chi connectivity index (χ3n) is 5.42. The minimum Gasteiger partial charge on any atom is -0.366 e. The fourth-order valence-corrected chi connectivity index (χ4v) is 3.90. The summed E-state index contributed by atoms with van der Waals surface area (Å²) < 4.78 is 0. The van der Waals surface area contributed by atoms with Crippen LogP contribution >= 0.6 is 24.0 Å². The molecule has 0 aromatic heterocycles. The van der Waals surface area contributed by atoms with Gasteiger partial charge in [-0.3, -0.25) is 4.79 Å². The predicted molar refractivity (Wildman–Crippen MR) is 130 cm³/mol. The summed E-state index contributed by atoms with van der Waals surface area (Å²) in [6.45, 7) is 7.83. The van der Waals surface area contributed by atoms with Crippen molar-refractivity contribution < 1.29 is 4.79 Å². The largest absolute Gasteiger partial charge is 0.366 e. The zero-order chi connectivity index (χ0) is 19.9. The first kappa shape index (κ1) is 23.2. The van der Waals surface area contributed by atoms with Crippen LogP contribution in [-0.4, -0.2) is 36.4 Å². The summed E-state index contributed by atoms with van der Waals surface area (Å²) in [6.07, 6.45) is 1.13. The molecule has 1 heterocycles. The number of nitrogens with two attached hydrogens (primary N) is 1. The Hall–Kier alpha value is -2.09. The smallest absolute Gasteiger partial charge is 0.248 e. The number of halogens is 1. The Bertz CT molecular complexity index is 807. The highest BCUT2D eigenvalue weighted by molar-refractivity contribution is 14.0. The minimum atomic E-state index is -0.404. The van der Waals surface area contributed by atoms with Crippen molar-refractivity contribution in [3.63, 3.8) is 0 Å². The van der Waals surface area contributed by atoms with Gasteiger partial charge in [0.25, 0.3) is 0 Å². The molecule has 0 bridgehead atoms. The van der Waals surface area contributed by atoms with Crippen LogP contribution in [0.15, 0.2) is 59.6 Å². The molecule has 5 nitrogen and oxygen atoms in total. The molecule has 6 heteroatoms. The van der Waals surface area contributed by atoms with Gasteiger partial charge in [-0.15, -0.1) is 24.0 Å². The molecule has 2 unspecified atom stereocenters. The maximum Gasteiger partial charge on any atom is 0.248 e. The SMILES string of the molecule is CCNC(=NCc1ccc(C(N)=O)cc1)N1CCC(c2ccccc2)C(C)C1.I. The monoisotopic (exact) mass is 506 g/mol. The Morgan fingerprint density at radius 3 is 2.45 bits per heavy atom. The van der Waals surface area contributed by atoms with Gasteiger partial charge in [-0.2, -0.15) is 0 Å². The molecule has 1 fully saturated rings. The molecule has 0 radical (unpaired) electrons. The standard InChI is InChI=1S/C23H30N4O.HI/c1-3-25-23(26-15-18-9-11-20(12-10-18)22(24)28)27-14-13-21(17(2)16-27)19-7-5-4-6-8-19;/h4-12,17,21H,3,13-16H2,1-2H3,(H2,24,28)(H,25,26);1H. The molecule has 156 valence electrons. The van der Waals surface area contributed by atoms with Gasteiger partial charge in [0.05, 0.1) is 6.54 Å². The lowest BCUT2D eigenvalue weighted by Gasteiger charge is -2.39. The van der Waals surface area contributed by atoms with Gasteiger partial charge >= 0.3 is 0 Å². The lowest BCUT2D eigenvalue weighted by Crippen LogP contribution is -2.48. The number of likely N-dealkylation sites (tertiary alicyclic amines) is 1. The molecular weight excluding hydrogens is 475 g/mol. The molecule has 2 atom stereocenters. The number of nitrogens with zero attached hydrogens (tertiary/aromatic N) is 2. The zero-order valence-corrected chi connectivity index (χ0v) is 19.5. The van der Waals surface area contributed by atoms with Crippen molar-refractivity contribution in [2.75, 3.05) is 19.6 Å². The molecule has 3 N–H and O–H groups in total. The van der Waals surface area contributed by atoms with Gasteiger partial charge in [0.1, 0.15) is 0 Å². The summed E-state index contributed by atoms with van der Waals surface area (Å²) in [4.78, 5) is 18.4. The normalized spacial score (nSPS) is 19.4. The average molecular weight is 506 g/mol. The summed E-state index contributed by atoms with van der Waals surface area (Å²) in [5.41, 5.74) is 8.33. The van der Waals surface area contributed by atoms with E-state index < -0.39 is 5.91 Å². The van der Waals surface area contributed by atoms with Crippen molar-refractivity contribution >= 4 is 35.8 Å². The second-order valence-electron chi connectivity index (χ2n) is 7.46. The quantitative estimate of drug-likeness (QED) is 0.366. The van der Waals surface area contributed by atoms with Crippen LogP contribution in [0.3, 0.4) is 0 Å². The Morgan fingerprint density at radius 1 is 1.17 bits per heavy atom. The van der Waals surface area contributed by atoms with E-state index in [1.807, 2.05) is 12.1 Å². The third kappa shape index (κ3) is 6.19. The molecule has 1 aliphatic rings. The Balaban J connectivity index is 0.00000300. The van der Waals surface area contributed by atoms with E-state index in [1.165, 1.54) is 5.56 Å². The van der Waals surface area contributed by atoms with Crippen molar-refractivity contribution in [1.29, 1.82) is 0 Å². The second kappa shape index (κ2) is 11.2. The fourth-order valence-electron chi connectivity index (χ4n) is 3.90. The van der Waals surface area contributed by atoms with E-state index in [1.54, 1.807) is 12.1 Å². The first-order valence-corrected chi connectivity index (χ1v) is 10.1. The van der Waals surface area contributed by atoms with E-state index in [-0.39, 0.29) is 24.0 Å². The molecule has 2 aromatic rings. The Labute approximate surface area is 190 Å². The number of amides is 1. The first-order chi connectivity index (χ1) is 13.6. The molecule has 3 rings (SSSR count). The van der Waals surface area contributed by atoms with Crippen LogP contribution in [0, 0.1) is 5.92 Å². The van der Waals surface area contributed by atoms with Crippen molar-refractivity contribution in [1.82, 2.24) is 10.2 Å². The summed E-state index contributed by atoms with van der Waals surface area (Å²) >= 11 is 0. The second-order valence-corrected chi connectivity index (χ2v) is 7.46. The molecule has 2 aromatic carbocycles. The number of guanidine groups is 1. The van der Waals surface area contributed by atoms with E-state index in [9.17, 15) is 4.79 Å². The van der Waals surface area contributed by atoms with Crippen molar-refractivity contribution in [2.45, 2.75) is 32.7 Å². The summed E-state index contributed by atoms with van der Waals surface area (Å²) in [7, 11) is 0. The van der Waals surface area contributed by atoms with Gasteiger partial charge in [0, 0.05) is 25.2 Å². The number of nitrogens with one attached hydrogen (secondary N) is 1. The number of carbonyl (C=O) groups is 1. The number of hydrogen-bond donors (Lipinski definition) is 2. The number of benzene rings is 2. The van der Waals surface area contributed by atoms with Crippen molar-refractivity contribution in [3.8, 4) is 0 Å². The van der Waals surface area contributed by atoms with E-state index >= 15 is 0 Å². The van der Waals surface area contributed by atoms with Crippen LogP contribution in [0.1, 0.15) is 47.7 Å². The highest BCUT2D eigenvalue weighted by Crippen LogP contribution is 2.32. The summed E-state index contributed by atoms with van der Waals surface area (Å²) in [5.74, 6) is 1.72. The maximum atomic E-state index is 11.2. The number of piperidine rings is 1. The highest BCUT2D eigenvalue weighted by Gasteiger charge is 2.28. The molecule has 1 amide bonds. The van der Waals surface area contributed by atoms with Crippen LogP contribution in [0.2, 0.25) is 0 Å². The number of rotatable bonds is 5. The minimum absolute atomic E-state index is 0. The van der Waals surface area contributed by atoms with Crippen LogP contribution in [0.5, 0.6) is 0 Å². The number of hydrogen-bond acceptors (Lipinski definition) is 2. The van der Waals surface area contributed by atoms with Gasteiger partial charge in [-0.1, -0.05) is 49.4 Å². The van der Waals surface area contributed by atoms with Crippen LogP contribution < -0.4 is 11.1 Å². The molecular formula is C23H31IN4O. The van der Waals surface area contributed by atoms with Gasteiger partial charge in [0.2, 0.25) is 5.91 Å². The number of carbonyl (C=O) groups excluding carboxylic acids is 1. The topological polar surface area (TPSA) is 70.7 Å². The highest BCUT2D eigenvalue weighted by atomic mass is 127. The van der Waals surface area contributed by atoms with Gasteiger partial charge in [-0.25, -0.2) is 4.99 Å². The predicted octanol–water partition coefficient (Wildman–Crippen LogP) is 3.99. The third-order valence-corrected chi connectivity index (χ3v) is 5.42. The van der Waals surface area contributed by atoms with Gasteiger partial charge < -0.3 is 16.0 Å². The maximum absolute atomic E-state index is 11.2. The van der Waals surface area contributed by atoms with Crippen molar-refractivity contribution in [2.24, 2.45) is 16.6 Å². The van der Waals surface area contributed by atoms with Gasteiger partial charge in [-0.05, 0) is 48.4 Å². The summed E-state index contributed by atoms with van der Waals surface area (Å²) in [6, 6.07) is 18.2. The van der Waals surface area contributed by atoms with E-state index in [2.05, 4.69) is 54.4 Å². The Morgan fingerprint density at radius 2 is 1.86 bits per heavy atom. The summed E-state index contributed by atoms with van der Waals surface area (Å²) in [5, 5.41) is 3.43.